The topological polar surface area (TPSA) is 67.2 Å². The number of aromatic nitrogens is 1. The van der Waals surface area contributed by atoms with Gasteiger partial charge < -0.3 is 4.52 Å². The first kappa shape index (κ1) is 16.4. The Morgan fingerprint density at radius 2 is 1.75 bits per heavy atom. The van der Waals surface area contributed by atoms with E-state index >= 15 is 0 Å². The molecular weight excluding hydrogens is 349 g/mol. The third-order valence-corrected chi connectivity index (χ3v) is 3.76. The van der Waals surface area contributed by atoms with E-state index < -0.39 is 0 Å². The smallest absolute Gasteiger partial charge is 0.275 e. The maximum atomic E-state index is 12.5. The van der Waals surface area contributed by atoms with Crippen LogP contribution in [-0.4, -0.2) is 11.1 Å². The number of carbonyl (C=O) groups is 1. The second-order valence-electron chi connectivity index (χ2n) is 5.07. The van der Waals surface area contributed by atoms with Gasteiger partial charge in [-0.25, -0.2) is 0 Å². The van der Waals surface area contributed by atoms with E-state index in [-0.39, 0.29) is 5.91 Å². The number of hydrogen-bond acceptors (Lipinski definition) is 4. The number of hydrazine groups is 1. The maximum absolute atomic E-state index is 12.5. The Bertz CT molecular complexity index is 859. The van der Waals surface area contributed by atoms with Crippen LogP contribution in [0, 0.1) is 6.92 Å². The van der Waals surface area contributed by atoms with Crippen LogP contribution in [0.4, 0.5) is 5.69 Å². The number of carbonyl (C=O) groups excluding carboxylic acids is 1. The minimum absolute atomic E-state index is 0.363. The lowest BCUT2D eigenvalue weighted by Gasteiger charge is -2.09. The van der Waals surface area contributed by atoms with E-state index in [1.165, 1.54) is 0 Å². The fourth-order valence-corrected chi connectivity index (χ4v) is 2.78. The Balaban J connectivity index is 1.82. The quantitative estimate of drug-likeness (QED) is 0.660. The molecular formula is C17H13Cl2N3O2. The van der Waals surface area contributed by atoms with Crippen LogP contribution in [0.3, 0.4) is 0 Å². The summed E-state index contributed by atoms with van der Waals surface area (Å²) >= 11 is 11.9. The van der Waals surface area contributed by atoms with E-state index in [9.17, 15) is 4.79 Å². The molecule has 3 aromatic rings. The molecule has 0 spiro atoms. The van der Waals surface area contributed by atoms with E-state index in [4.69, 9.17) is 27.7 Å². The molecule has 0 radical (unpaired) electrons. The lowest BCUT2D eigenvalue weighted by molar-refractivity contribution is 0.0961. The molecule has 1 aromatic heterocycles. The van der Waals surface area contributed by atoms with Crippen LogP contribution in [-0.2, 0) is 0 Å². The van der Waals surface area contributed by atoms with Crippen molar-refractivity contribution in [3.05, 3.63) is 69.9 Å². The van der Waals surface area contributed by atoms with E-state index in [0.717, 1.165) is 5.56 Å². The Morgan fingerprint density at radius 3 is 2.42 bits per heavy atom. The van der Waals surface area contributed by atoms with Gasteiger partial charge in [0.1, 0.15) is 17.0 Å². The van der Waals surface area contributed by atoms with E-state index in [1.807, 2.05) is 30.3 Å². The van der Waals surface area contributed by atoms with Crippen LogP contribution in [0.25, 0.3) is 11.3 Å². The molecule has 0 fully saturated rings. The second kappa shape index (κ2) is 6.95. The summed E-state index contributed by atoms with van der Waals surface area (Å²) in [7, 11) is 0. The number of benzene rings is 2. The van der Waals surface area contributed by atoms with Gasteiger partial charge in [0.05, 0.1) is 5.69 Å². The molecule has 122 valence electrons. The van der Waals surface area contributed by atoms with Gasteiger partial charge in [-0.3, -0.25) is 15.6 Å². The van der Waals surface area contributed by atoms with Crippen LogP contribution >= 0.6 is 23.2 Å². The highest BCUT2D eigenvalue weighted by Gasteiger charge is 2.21. The van der Waals surface area contributed by atoms with Crippen molar-refractivity contribution in [3.63, 3.8) is 0 Å². The summed E-state index contributed by atoms with van der Waals surface area (Å²) in [5, 5.41) is 4.91. The summed E-state index contributed by atoms with van der Waals surface area (Å²) in [5.74, 6) is 0.0565. The molecule has 1 amide bonds. The van der Waals surface area contributed by atoms with Crippen molar-refractivity contribution in [2.75, 3.05) is 5.43 Å². The summed E-state index contributed by atoms with van der Waals surface area (Å²) in [6.45, 7) is 1.69. The van der Waals surface area contributed by atoms with Crippen LogP contribution in [0.5, 0.6) is 0 Å². The molecule has 0 saturated heterocycles. The minimum atomic E-state index is -0.372. The fourth-order valence-electron chi connectivity index (χ4n) is 2.25. The third-order valence-electron chi connectivity index (χ3n) is 3.32. The first-order chi connectivity index (χ1) is 11.5. The largest absolute Gasteiger partial charge is 0.360 e. The zero-order chi connectivity index (χ0) is 17.1. The minimum Gasteiger partial charge on any atom is -0.360 e. The fraction of sp³-hybridized carbons (Fsp3) is 0.0588. The summed E-state index contributed by atoms with van der Waals surface area (Å²) < 4.78 is 5.18. The first-order valence-electron chi connectivity index (χ1n) is 7.09. The zero-order valence-electron chi connectivity index (χ0n) is 12.6. The molecule has 0 aliphatic rings. The predicted molar refractivity (Wildman–Crippen MR) is 94.2 cm³/mol. The average Bonchev–Trinajstić information content (AvgIpc) is 2.94. The molecule has 0 aliphatic carbocycles. The van der Waals surface area contributed by atoms with Crippen LogP contribution in [0.2, 0.25) is 10.0 Å². The summed E-state index contributed by atoms with van der Waals surface area (Å²) in [6.07, 6.45) is 0. The number of nitrogens with one attached hydrogen (secondary N) is 2. The Labute approximate surface area is 148 Å². The Morgan fingerprint density at radius 1 is 1.08 bits per heavy atom. The number of aryl methyl sites for hydroxylation is 1. The van der Waals surface area contributed by atoms with Crippen molar-refractivity contribution in [2.24, 2.45) is 0 Å². The molecule has 0 unspecified atom stereocenters. The highest BCUT2D eigenvalue weighted by atomic mass is 35.5. The lowest BCUT2D eigenvalue weighted by atomic mass is 10.1. The second-order valence-corrected chi connectivity index (χ2v) is 5.94. The number of hydrogen-bond donors (Lipinski definition) is 2. The first-order valence-corrected chi connectivity index (χ1v) is 7.84. The number of anilines is 1. The standard InChI is InChI=1S/C17H13Cl2N3O2/c1-10-15(16(22-24-10)11-5-3-2-4-6-11)17(23)21-20-14-8-12(18)7-13(19)9-14/h2-9,20H,1H3,(H,21,23). The molecule has 5 nitrogen and oxygen atoms in total. The van der Waals surface area contributed by atoms with Crippen molar-refractivity contribution in [1.82, 2.24) is 10.6 Å². The van der Waals surface area contributed by atoms with E-state index in [1.54, 1.807) is 25.1 Å². The van der Waals surface area contributed by atoms with Crippen molar-refractivity contribution >= 4 is 34.8 Å². The molecule has 0 bridgehead atoms. The van der Waals surface area contributed by atoms with Crippen molar-refractivity contribution in [1.29, 1.82) is 0 Å². The molecule has 0 atom stereocenters. The highest BCUT2D eigenvalue weighted by molar-refractivity contribution is 6.35. The van der Waals surface area contributed by atoms with Gasteiger partial charge in [0, 0.05) is 15.6 Å². The van der Waals surface area contributed by atoms with E-state index in [0.29, 0.717) is 32.8 Å². The number of amides is 1. The molecule has 7 heteroatoms. The van der Waals surface area contributed by atoms with Crippen molar-refractivity contribution in [2.45, 2.75) is 6.92 Å². The van der Waals surface area contributed by atoms with Crippen LogP contribution in [0.1, 0.15) is 16.1 Å². The molecule has 2 N–H and O–H groups in total. The number of nitrogens with zero attached hydrogens (tertiary/aromatic N) is 1. The maximum Gasteiger partial charge on any atom is 0.275 e. The van der Waals surface area contributed by atoms with Gasteiger partial charge in [-0.2, -0.15) is 0 Å². The number of halogens is 2. The summed E-state index contributed by atoms with van der Waals surface area (Å²) in [4.78, 5) is 12.5. The SMILES string of the molecule is Cc1onc(-c2ccccc2)c1C(=O)NNc1cc(Cl)cc(Cl)c1. The van der Waals surface area contributed by atoms with Crippen LogP contribution < -0.4 is 10.9 Å². The monoisotopic (exact) mass is 361 g/mol. The number of rotatable bonds is 4. The van der Waals surface area contributed by atoms with E-state index in [2.05, 4.69) is 16.0 Å². The van der Waals surface area contributed by atoms with Gasteiger partial charge in [-0.05, 0) is 25.1 Å². The molecule has 0 saturated carbocycles. The average molecular weight is 362 g/mol. The van der Waals surface area contributed by atoms with Crippen LogP contribution in [0.15, 0.2) is 53.1 Å². The summed E-state index contributed by atoms with van der Waals surface area (Å²) in [5.41, 5.74) is 7.59. The van der Waals surface area contributed by atoms with Gasteiger partial charge >= 0.3 is 0 Å². The molecule has 3 rings (SSSR count). The van der Waals surface area contributed by atoms with Gasteiger partial charge in [0.25, 0.3) is 5.91 Å². The molecule has 2 aromatic carbocycles. The Kier molecular flexibility index (Phi) is 4.74. The van der Waals surface area contributed by atoms with Crippen molar-refractivity contribution < 1.29 is 9.32 Å². The predicted octanol–water partition coefficient (Wildman–Crippen LogP) is 4.71. The summed E-state index contributed by atoms with van der Waals surface area (Å²) in [6, 6.07) is 14.2. The van der Waals surface area contributed by atoms with Crippen molar-refractivity contribution in [3.8, 4) is 11.3 Å². The van der Waals surface area contributed by atoms with Gasteiger partial charge in [0.2, 0.25) is 0 Å². The molecule has 24 heavy (non-hydrogen) atoms. The molecule has 1 heterocycles. The Hall–Kier alpha value is -2.50. The highest BCUT2D eigenvalue weighted by Crippen LogP contribution is 2.25. The van der Waals surface area contributed by atoms with Gasteiger partial charge in [-0.15, -0.1) is 0 Å². The zero-order valence-corrected chi connectivity index (χ0v) is 14.2. The third kappa shape index (κ3) is 3.53. The van der Waals surface area contributed by atoms with Gasteiger partial charge in [0.15, 0.2) is 0 Å². The van der Waals surface area contributed by atoms with Gasteiger partial charge in [-0.1, -0.05) is 58.7 Å². The lowest BCUT2D eigenvalue weighted by Crippen LogP contribution is -2.30. The molecule has 0 aliphatic heterocycles. The normalized spacial score (nSPS) is 10.5.